The van der Waals surface area contributed by atoms with Crippen molar-refractivity contribution in [1.82, 2.24) is 9.97 Å². The lowest BCUT2D eigenvalue weighted by Crippen LogP contribution is -2.13. The summed E-state index contributed by atoms with van der Waals surface area (Å²) in [5.41, 5.74) is 1.85. The summed E-state index contributed by atoms with van der Waals surface area (Å²) in [7, 11) is 0. The summed E-state index contributed by atoms with van der Waals surface area (Å²) in [6.07, 6.45) is 1.99. The SMILES string of the molecule is Cc1cc(C(=O)Nc2cccc(C#CCCO)n2)ccn1. The largest absolute Gasteiger partial charge is 0.395 e. The number of anilines is 1. The van der Waals surface area contributed by atoms with Gasteiger partial charge >= 0.3 is 0 Å². The molecule has 5 heteroatoms. The molecule has 21 heavy (non-hydrogen) atoms. The Labute approximate surface area is 123 Å². The summed E-state index contributed by atoms with van der Waals surface area (Å²) in [6.45, 7) is 1.84. The molecule has 2 aromatic rings. The Morgan fingerprint density at radius 2 is 2.24 bits per heavy atom. The molecular formula is C16H15N3O2. The Hall–Kier alpha value is -2.71. The van der Waals surface area contributed by atoms with E-state index in [1.807, 2.05) is 6.92 Å². The number of carbonyl (C=O) groups is 1. The highest BCUT2D eigenvalue weighted by Crippen LogP contribution is 2.08. The number of aromatic nitrogens is 2. The van der Waals surface area contributed by atoms with E-state index >= 15 is 0 Å². The van der Waals surface area contributed by atoms with Crippen LogP contribution in [0.3, 0.4) is 0 Å². The quantitative estimate of drug-likeness (QED) is 0.841. The molecule has 2 aromatic heterocycles. The van der Waals surface area contributed by atoms with E-state index in [2.05, 4.69) is 27.1 Å². The van der Waals surface area contributed by atoms with Crippen LogP contribution in [0, 0.1) is 18.8 Å². The van der Waals surface area contributed by atoms with E-state index in [0.29, 0.717) is 23.5 Å². The van der Waals surface area contributed by atoms with Crippen molar-refractivity contribution in [3.63, 3.8) is 0 Å². The topological polar surface area (TPSA) is 75.1 Å². The van der Waals surface area contributed by atoms with Crippen LogP contribution < -0.4 is 5.32 Å². The molecule has 0 saturated heterocycles. The summed E-state index contributed by atoms with van der Waals surface area (Å²) in [6, 6.07) is 8.57. The smallest absolute Gasteiger partial charge is 0.256 e. The van der Waals surface area contributed by atoms with Gasteiger partial charge in [-0.1, -0.05) is 12.0 Å². The van der Waals surface area contributed by atoms with Crippen LogP contribution in [0.1, 0.15) is 28.2 Å². The lowest BCUT2D eigenvalue weighted by atomic mass is 10.2. The number of aliphatic hydroxyl groups is 1. The number of rotatable bonds is 3. The van der Waals surface area contributed by atoms with E-state index < -0.39 is 0 Å². The van der Waals surface area contributed by atoms with Crippen molar-refractivity contribution in [1.29, 1.82) is 0 Å². The first-order valence-electron chi connectivity index (χ1n) is 6.50. The highest BCUT2D eigenvalue weighted by molar-refractivity contribution is 6.03. The van der Waals surface area contributed by atoms with Crippen molar-refractivity contribution in [3.05, 3.63) is 53.5 Å². The molecule has 2 heterocycles. The fourth-order valence-electron chi connectivity index (χ4n) is 1.66. The first kappa shape index (κ1) is 14.7. The minimum absolute atomic E-state index is 0.0187. The second-order valence-electron chi connectivity index (χ2n) is 4.32. The molecule has 5 nitrogen and oxygen atoms in total. The van der Waals surface area contributed by atoms with Crippen molar-refractivity contribution in [2.75, 3.05) is 11.9 Å². The van der Waals surface area contributed by atoms with Crippen LogP contribution in [-0.2, 0) is 0 Å². The zero-order chi connectivity index (χ0) is 15.1. The molecule has 0 radical (unpaired) electrons. The van der Waals surface area contributed by atoms with Crippen LogP contribution in [0.5, 0.6) is 0 Å². The highest BCUT2D eigenvalue weighted by atomic mass is 16.2. The monoisotopic (exact) mass is 281 g/mol. The molecule has 0 bridgehead atoms. The van der Waals surface area contributed by atoms with E-state index in [1.165, 1.54) is 0 Å². The van der Waals surface area contributed by atoms with Crippen molar-refractivity contribution in [2.24, 2.45) is 0 Å². The summed E-state index contributed by atoms with van der Waals surface area (Å²) in [5, 5.41) is 11.4. The van der Waals surface area contributed by atoms with Crippen LogP contribution in [0.25, 0.3) is 0 Å². The Morgan fingerprint density at radius 1 is 1.38 bits per heavy atom. The van der Waals surface area contributed by atoms with Gasteiger partial charge in [0.05, 0.1) is 6.61 Å². The predicted octanol–water partition coefficient (Wildman–Crippen LogP) is 1.77. The van der Waals surface area contributed by atoms with Gasteiger partial charge in [-0.15, -0.1) is 0 Å². The predicted molar refractivity (Wildman–Crippen MR) is 79.7 cm³/mol. The van der Waals surface area contributed by atoms with E-state index in [1.54, 1.807) is 36.5 Å². The summed E-state index contributed by atoms with van der Waals surface area (Å²) in [5.74, 6) is 5.81. The zero-order valence-corrected chi connectivity index (χ0v) is 11.6. The second-order valence-corrected chi connectivity index (χ2v) is 4.32. The molecule has 1 amide bonds. The van der Waals surface area contributed by atoms with Crippen molar-refractivity contribution >= 4 is 11.7 Å². The molecule has 0 aliphatic rings. The molecule has 0 atom stereocenters. The molecule has 0 saturated carbocycles. The number of amides is 1. The Morgan fingerprint density at radius 3 is 3.00 bits per heavy atom. The van der Waals surface area contributed by atoms with Crippen molar-refractivity contribution < 1.29 is 9.90 Å². The fourth-order valence-corrected chi connectivity index (χ4v) is 1.66. The molecule has 0 spiro atoms. The van der Waals surface area contributed by atoms with Crippen LogP contribution in [0.15, 0.2) is 36.5 Å². The lowest BCUT2D eigenvalue weighted by Gasteiger charge is -2.05. The van der Waals surface area contributed by atoms with E-state index in [-0.39, 0.29) is 12.5 Å². The standard InChI is InChI=1S/C16H15N3O2/c1-12-11-13(8-9-17-12)16(21)19-15-7-4-6-14(18-15)5-2-3-10-20/h4,6-9,11,20H,3,10H2,1H3,(H,18,19,21). The minimum Gasteiger partial charge on any atom is -0.395 e. The Kier molecular flexibility index (Phi) is 5.02. The van der Waals surface area contributed by atoms with Crippen LogP contribution in [0.4, 0.5) is 5.82 Å². The van der Waals surface area contributed by atoms with Crippen molar-refractivity contribution in [3.8, 4) is 11.8 Å². The van der Waals surface area contributed by atoms with E-state index in [0.717, 1.165) is 5.69 Å². The van der Waals surface area contributed by atoms with Gasteiger partial charge in [0.1, 0.15) is 11.5 Å². The number of nitrogens with zero attached hydrogens (tertiary/aromatic N) is 2. The van der Waals surface area contributed by atoms with Gasteiger partial charge in [0.15, 0.2) is 0 Å². The number of aryl methyl sites for hydroxylation is 1. The summed E-state index contributed by atoms with van der Waals surface area (Å²) >= 11 is 0. The molecule has 0 aliphatic carbocycles. The third kappa shape index (κ3) is 4.41. The number of nitrogens with one attached hydrogen (secondary N) is 1. The number of hydrogen-bond acceptors (Lipinski definition) is 4. The van der Waals surface area contributed by atoms with Gasteiger partial charge in [-0.2, -0.15) is 0 Å². The second kappa shape index (κ2) is 7.17. The normalized spacial score (nSPS) is 9.62. The summed E-state index contributed by atoms with van der Waals surface area (Å²) in [4.78, 5) is 20.4. The average molecular weight is 281 g/mol. The molecular weight excluding hydrogens is 266 g/mol. The maximum absolute atomic E-state index is 12.1. The van der Waals surface area contributed by atoms with Gasteiger partial charge in [-0.05, 0) is 37.1 Å². The van der Waals surface area contributed by atoms with Crippen molar-refractivity contribution in [2.45, 2.75) is 13.3 Å². The van der Waals surface area contributed by atoms with E-state index in [9.17, 15) is 4.79 Å². The number of carbonyl (C=O) groups excluding carboxylic acids is 1. The molecule has 2 N–H and O–H groups in total. The molecule has 0 aliphatic heterocycles. The molecule has 106 valence electrons. The van der Waals surface area contributed by atoms with E-state index in [4.69, 9.17) is 5.11 Å². The lowest BCUT2D eigenvalue weighted by molar-refractivity contribution is 0.102. The van der Waals surface area contributed by atoms with Gasteiger partial charge in [0, 0.05) is 23.9 Å². The first-order valence-corrected chi connectivity index (χ1v) is 6.50. The highest BCUT2D eigenvalue weighted by Gasteiger charge is 2.07. The third-order valence-corrected chi connectivity index (χ3v) is 2.60. The Bertz CT molecular complexity index is 702. The molecule has 0 aromatic carbocycles. The van der Waals surface area contributed by atoms with Crippen LogP contribution >= 0.6 is 0 Å². The number of aliphatic hydroxyl groups excluding tert-OH is 1. The first-order chi connectivity index (χ1) is 10.2. The Balaban J connectivity index is 2.11. The molecule has 0 fully saturated rings. The fraction of sp³-hybridized carbons (Fsp3) is 0.188. The third-order valence-electron chi connectivity index (χ3n) is 2.60. The maximum Gasteiger partial charge on any atom is 0.256 e. The van der Waals surface area contributed by atoms with Gasteiger partial charge in [-0.3, -0.25) is 9.78 Å². The van der Waals surface area contributed by atoms with Gasteiger partial charge in [0.25, 0.3) is 5.91 Å². The van der Waals surface area contributed by atoms with Gasteiger partial charge < -0.3 is 10.4 Å². The number of hydrogen-bond donors (Lipinski definition) is 2. The van der Waals surface area contributed by atoms with Gasteiger partial charge in [-0.25, -0.2) is 4.98 Å². The molecule has 0 unspecified atom stereocenters. The average Bonchev–Trinajstić information content (AvgIpc) is 2.48. The van der Waals surface area contributed by atoms with Crippen LogP contribution in [0.2, 0.25) is 0 Å². The number of pyridine rings is 2. The molecule has 2 rings (SSSR count). The zero-order valence-electron chi connectivity index (χ0n) is 11.6. The minimum atomic E-state index is -0.242. The van der Waals surface area contributed by atoms with Gasteiger partial charge in [0.2, 0.25) is 0 Å². The summed E-state index contributed by atoms with van der Waals surface area (Å²) < 4.78 is 0. The maximum atomic E-state index is 12.1. The van der Waals surface area contributed by atoms with Crippen LogP contribution in [-0.4, -0.2) is 27.6 Å².